The quantitative estimate of drug-likeness (QED) is 0.698. The third-order valence-electron chi connectivity index (χ3n) is 6.00. The van der Waals surface area contributed by atoms with Crippen molar-refractivity contribution in [1.29, 1.82) is 5.26 Å². The van der Waals surface area contributed by atoms with E-state index in [0.717, 1.165) is 12.8 Å². The van der Waals surface area contributed by atoms with Crippen molar-refractivity contribution < 1.29 is 9.53 Å². The van der Waals surface area contributed by atoms with Crippen LogP contribution in [0.1, 0.15) is 56.6 Å². The van der Waals surface area contributed by atoms with Gasteiger partial charge in [0.15, 0.2) is 5.69 Å². The van der Waals surface area contributed by atoms with E-state index in [1.807, 2.05) is 6.07 Å². The smallest absolute Gasteiger partial charge is 0.341 e. The van der Waals surface area contributed by atoms with Gasteiger partial charge in [0.05, 0.1) is 25.2 Å². The standard InChI is InChI=1S/C22H29N7O2/c1-21(2)8-14(9-22(3,4)29(21)5)27-17-7-18(26-12-16(17)20(30)31-6)28-19-13-24-15(10-23)11-25-19/h7,11-14H,8-9H2,1-6H3,(H2,25,26,27,28). The molecule has 9 nitrogen and oxygen atoms in total. The zero-order valence-corrected chi connectivity index (χ0v) is 18.9. The number of carbonyl (C=O) groups excluding carboxylic acids is 1. The molecule has 0 unspecified atom stereocenters. The van der Waals surface area contributed by atoms with Crippen molar-refractivity contribution in [1.82, 2.24) is 19.9 Å². The van der Waals surface area contributed by atoms with Crippen LogP contribution in [-0.4, -0.2) is 57.1 Å². The lowest BCUT2D eigenvalue weighted by Gasteiger charge is -2.54. The number of hydrogen-bond donors (Lipinski definition) is 2. The van der Waals surface area contributed by atoms with E-state index in [1.54, 1.807) is 6.07 Å². The number of hydrogen-bond acceptors (Lipinski definition) is 9. The third-order valence-corrected chi connectivity index (χ3v) is 6.00. The summed E-state index contributed by atoms with van der Waals surface area (Å²) in [6.45, 7) is 8.92. The number of rotatable bonds is 5. The summed E-state index contributed by atoms with van der Waals surface area (Å²) in [7, 11) is 3.51. The molecule has 164 valence electrons. The molecule has 0 spiro atoms. The first-order chi connectivity index (χ1) is 14.6. The van der Waals surface area contributed by atoms with Gasteiger partial charge < -0.3 is 15.4 Å². The monoisotopic (exact) mass is 423 g/mol. The van der Waals surface area contributed by atoms with Crippen molar-refractivity contribution in [3.8, 4) is 6.07 Å². The SMILES string of the molecule is COC(=O)c1cnc(Nc2cnc(C#N)cn2)cc1NC1CC(C)(C)N(C)C(C)(C)C1. The fraction of sp³-hybridized carbons (Fsp3) is 0.500. The Morgan fingerprint density at radius 1 is 1.13 bits per heavy atom. The van der Waals surface area contributed by atoms with Crippen LogP contribution in [0.3, 0.4) is 0 Å². The molecule has 2 N–H and O–H groups in total. The van der Waals surface area contributed by atoms with Gasteiger partial charge in [-0.3, -0.25) is 4.90 Å². The van der Waals surface area contributed by atoms with Gasteiger partial charge in [-0.05, 0) is 47.6 Å². The number of esters is 1. The van der Waals surface area contributed by atoms with Crippen molar-refractivity contribution >= 4 is 23.3 Å². The highest BCUT2D eigenvalue weighted by Gasteiger charge is 2.43. The molecule has 3 rings (SSSR count). The molecule has 1 saturated heterocycles. The number of aromatic nitrogens is 3. The summed E-state index contributed by atoms with van der Waals surface area (Å²) < 4.78 is 4.95. The van der Waals surface area contributed by atoms with Gasteiger partial charge in [-0.15, -0.1) is 0 Å². The summed E-state index contributed by atoms with van der Waals surface area (Å²) in [6.07, 6.45) is 6.16. The molecule has 31 heavy (non-hydrogen) atoms. The van der Waals surface area contributed by atoms with Crippen LogP contribution in [-0.2, 0) is 4.74 Å². The van der Waals surface area contributed by atoms with Gasteiger partial charge in [0.1, 0.15) is 23.3 Å². The van der Waals surface area contributed by atoms with Gasteiger partial charge in [-0.2, -0.15) is 5.26 Å². The van der Waals surface area contributed by atoms with E-state index in [9.17, 15) is 4.79 Å². The maximum absolute atomic E-state index is 12.3. The number of ether oxygens (including phenoxy) is 1. The molecule has 2 aromatic heterocycles. The predicted octanol–water partition coefficient (Wildman–Crippen LogP) is 3.34. The first kappa shape index (κ1) is 22.4. The van der Waals surface area contributed by atoms with Gasteiger partial charge >= 0.3 is 5.97 Å². The van der Waals surface area contributed by atoms with Gasteiger partial charge in [0.25, 0.3) is 0 Å². The van der Waals surface area contributed by atoms with Gasteiger partial charge in [-0.1, -0.05) is 0 Å². The lowest BCUT2D eigenvalue weighted by Crippen LogP contribution is -2.61. The van der Waals surface area contributed by atoms with Gasteiger partial charge in [-0.25, -0.2) is 19.7 Å². The molecular formula is C22H29N7O2. The Hall–Kier alpha value is -3.25. The Bertz CT molecular complexity index is 978. The Balaban J connectivity index is 1.88. The van der Waals surface area contributed by atoms with E-state index in [1.165, 1.54) is 25.7 Å². The lowest BCUT2D eigenvalue weighted by molar-refractivity contribution is -0.00767. The summed E-state index contributed by atoms with van der Waals surface area (Å²) in [5.41, 5.74) is 1.24. The Labute approximate surface area is 182 Å². The highest BCUT2D eigenvalue weighted by atomic mass is 16.5. The van der Waals surface area contributed by atoms with Gasteiger partial charge in [0.2, 0.25) is 0 Å². The fourth-order valence-corrected chi connectivity index (χ4v) is 4.19. The summed E-state index contributed by atoms with van der Waals surface area (Å²) in [5, 5.41) is 15.5. The van der Waals surface area contributed by atoms with Crippen molar-refractivity contribution in [3.63, 3.8) is 0 Å². The largest absolute Gasteiger partial charge is 0.465 e. The molecule has 0 saturated carbocycles. The molecule has 0 amide bonds. The van der Waals surface area contributed by atoms with E-state index in [-0.39, 0.29) is 22.8 Å². The molecule has 0 radical (unpaired) electrons. The first-order valence-corrected chi connectivity index (χ1v) is 10.1. The molecular weight excluding hydrogens is 394 g/mol. The second-order valence-corrected chi connectivity index (χ2v) is 9.06. The number of carbonyl (C=O) groups is 1. The third kappa shape index (κ3) is 4.91. The zero-order chi connectivity index (χ0) is 22.8. The summed E-state index contributed by atoms with van der Waals surface area (Å²) in [6, 6.07) is 3.86. The predicted molar refractivity (Wildman–Crippen MR) is 118 cm³/mol. The minimum atomic E-state index is -0.453. The zero-order valence-electron chi connectivity index (χ0n) is 18.9. The number of methoxy groups -OCH3 is 1. The van der Waals surface area contributed by atoms with E-state index in [2.05, 4.69) is 65.2 Å². The minimum absolute atomic E-state index is 0.00294. The van der Waals surface area contributed by atoms with Crippen molar-refractivity contribution in [3.05, 3.63) is 35.9 Å². The molecule has 0 bridgehead atoms. The Morgan fingerprint density at radius 2 is 1.77 bits per heavy atom. The Kier molecular flexibility index (Phi) is 6.13. The van der Waals surface area contributed by atoms with E-state index >= 15 is 0 Å². The molecule has 0 aliphatic carbocycles. The van der Waals surface area contributed by atoms with Gasteiger partial charge in [0, 0.05) is 29.4 Å². The van der Waals surface area contributed by atoms with E-state index < -0.39 is 5.97 Å². The number of piperidine rings is 1. The molecule has 1 aliphatic rings. The molecule has 3 heterocycles. The number of nitrogens with one attached hydrogen (secondary N) is 2. The van der Waals surface area contributed by atoms with Crippen LogP contribution in [0.25, 0.3) is 0 Å². The maximum atomic E-state index is 12.3. The first-order valence-electron chi connectivity index (χ1n) is 10.1. The molecule has 0 aromatic carbocycles. The normalized spacial score (nSPS) is 18.1. The average Bonchev–Trinajstić information content (AvgIpc) is 2.72. The number of likely N-dealkylation sites (tertiary alicyclic amines) is 1. The minimum Gasteiger partial charge on any atom is -0.465 e. The highest BCUT2D eigenvalue weighted by Crippen LogP contribution is 2.38. The maximum Gasteiger partial charge on any atom is 0.341 e. The number of nitriles is 1. The van der Waals surface area contributed by atoms with Crippen molar-refractivity contribution in [2.75, 3.05) is 24.8 Å². The summed E-state index contributed by atoms with van der Waals surface area (Å²) in [4.78, 5) is 27.2. The van der Waals surface area contributed by atoms with Crippen molar-refractivity contribution in [2.45, 2.75) is 57.7 Å². The van der Waals surface area contributed by atoms with E-state index in [0.29, 0.717) is 22.9 Å². The molecule has 1 aliphatic heterocycles. The molecule has 9 heteroatoms. The van der Waals surface area contributed by atoms with Crippen molar-refractivity contribution in [2.24, 2.45) is 0 Å². The van der Waals surface area contributed by atoms with Crippen LogP contribution in [0.15, 0.2) is 24.7 Å². The average molecular weight is 424 g/mol. The van der Waals surface area contributed by atoms with Crippen LogP contribution in [0.2, 0.25) is 0 Å². The number of nitrogens with zero attached hydrogens (tertiary/aromatic N) is 5. The van der Waals surface area contributed by atoms with Crippen LogP contribution in [0, 0.1) is 11.3 Å². The highest BCUT2D eigenvalue weighted by molar-refractivity contribution is 5.96. The number of anilines is 3. The van der Waals surface area contributed by atoms with Crippen LogP contribution >= 0.6 is 0 Å². The van der Waals surface area contributed by atoms with Crippen LogP contribution in [0.5, 0.6) is 0 Å². The van der Waals surface area contributed by atoms with Crippen LogP contribution in [0.4, 0.5) is 17.3 Å². The molecule has 1 fully saturated rings. The Morgan fingerprint density at radius 3 is 2.32 bits per heavy atom. The lowest BCUT2D eigenvalue weighted by atomic mass is 9.77. The van der Waals surface area contributed by atoms with E-state index in [4.69, 9.17) is 10.00 Å². The fourth-order valence-electron chi connectivity index (χ4n) is 4.19. The summed E-state index contributed by atoms with van der Waals surface area (Å²) >= 11 is 0. The molecule has 2 aromatic rings. The molecule has 0 atom stereocenters. The second kappa shape index (κ2) is 8.47. The van der Waals surface area contributed by atoms with Crippen LogP contribution < -0.4 is 10.6 Å². The topological polar surface area (TPSA) is 116 Å². The number of pyridine rings is 1. The summed E-state index contributed by atoms with van der Waals surface area (Å²) in [5.74, 6) is 0.497. The second-order valence-electron chi connectivity index (χ2n) is 9.06.